The highest BCUT2D eigenvalue weighted by atomic mass is 16.3. The Kier molecular flexibility index (Phi) is 5.01. The van der Waals surface area contributed by atoms with Gasteiger partial charge in [-0.3, -0.25) is 9.69 Å². The van der Waals surface area contributed by atoms with E-state index < -0.39 is 0 Å². The summed E-state index contributed by atoms with van der Waals surface area (Å²) in [5.41, 5.74) is 2.67. The molecular formula is C20H21NO2. The zero-order valence-electron chi connectivity index (χ0n) is 13.1. The van der Waals surface area contributed by atoms with Gasteiger partial charge >= 0.3 is 0 Å². The van der Waals surface area contributed by atoms with Gasteiger partial charge in [0.25, 0.3) is 0 Å². The summed E-state index contributed by atoms with van der Waals surface area (Å²) >= 11 is 0. The zero-order valence-corrected chi connectivity index (χ0v) is 13.1. The van der Waals surface area contributed by atoms with E-state index in [1.54, 1.807) is 0 Å². The SMILES string of the molecule is O=C(C1=CCN(Cc2ccccc2)CC1CO)c1ccccc1. The van der Waals surface area contributed by atoms with Gasteiger partial charge in [-0.1, -0.05) is 66.7 Å². The van der Waals surface area contributed by atoms with Crippen molar-refractivity contribution >= 4 is 5.78 Å². The summed E-state index contributed by atoms with van der Waals surface area (Å²) < 4.78 is 0. The second kappa shape index (κ2) is 7.36. The maximum Gasteiger partial charge on any atom is 0.189 e. The number of carbonyl (C=O) groups is 1. The molecule has 1 atom stereocenters. The van der Waals surface area contributed by atoms with E-state index in [1.807, 2.05) is 54.6 Å². The average Bonchev–Trinajstić information content (AvgIpc) is 2.62. The van der Waals surface area contributed by atoms with Crippen molar-refractivity contribution in [1.29, 1.82) is 0 Å². The fraction of sp³-hybridized carbons (Fsp3) is 0.250. The molecule has 1 heterocycles. The van der Waals surface area contributed by atoms with E-state index in [1.165, 1.54) is 5.56 Å². The first-order valence-corrected chi connectivity index (χ1v) is 7.95. The Balaban J connectivity index is 1.74. The molecule has 0 saturated carbocycles. The molecule has 1 unspecified atom stereocenters. The number of aliphatic hydroxyl groups excluding tert-OH is 1. The van der Waals surface area contributed by atoms with Gasteiger partial charge in [0.2, 0.25) is 0 Å². The lowest BCUT2D eigenvalue weighted by Crippen LogP contribution is -2.37. The molecule has 0 saturated heterocycles. The second-order valence-corrected chi connectivity index (χ2v) is 5.91. The van der Waals surface area contributed by atoms with Gasteiger partial charge in [-0.15, -0.1) is 0 Å². The molecule has 0 spiro atoms. The van der Waals surface area contributed by atoms with Crippen molar-refractivity contribution in [3.8, 4) is 0 Å². The van der Waals surface area contributed by atoms with Crippen molar-refractivity contribution in [3.63, 3.8) is 0 Å². The fourth-order valence-corrected chi connectivity index (χ4v) is 3.04. The maximum absolute atomic E-state index is 12.6. The van der Waals surface area contributed by atoms with Crippen molar-refractivity contribution in [1.82, 2.24) is 4.90 Å². The highest BCUT2D eigenvalue weighted by Crippen LogP contribution is 2.23. The minimum Gasteiger partial charge on any atom is -0.396 e. The van der Waals surface area contributed by atoms with Crippen LogP contribution in [0.4, 0.5) is 0 Å². The molecule has 0 aromatic heterocycles. The predicted octanol–water partition coefficient (Wildman–Crippen LogP) is 2.92. The van der Waals surface area contributed by atoms with Crippen LogP contribution in [0.15, 0.2) is 72.3 Å². The minimum absolute atomic E-state index is 0.00427. The Bertz CT molecular complexity index is 679. The smallest absolute Gasteiger partial charge is 0.189 e. The number of aliphatic hydroxyl groups is 1. The summed E-state index contributed by atoms with van der Waals surface area (Å²) in [5.74, 6) is -0.0934. The monoisotopic (exact) mass is 307 g/mol. The highest BCUT2D eigenvalue weighted by molar-refractivity contribution is 6.09. The molecule has 2 aromatic rings. The van der Waals surface area contributed by atoms with Crippen molar-refractivity contribution in [3.05, 3.63) is 83.4 Å². The Morgan fingerprint density at radius 2 is 1.70 bits per heavy atom. The van der Waals surface area contributed by atoms with E-state index in [0.29, 0.717) is 12.1 Å². The van der Waals surface area contributed by atoms with Crippen LogP contribution in [0.5, 0.6) is 0 Å². The van der Waals surface area contributed by atoms with Crippen LogP contribution in [0.2, 0.25) is 0 Å². The molecule has 0 radical (unpaired) electrons. The molecule has 2 aromatic carbocycles. The predicted molar refractivity (Wildman–Crippen MR) is 91.2 cm³/mol. The number of rotatable bonds is 5. The lowest BCUT2D eigenvalue weighted by Gasteiger charge is -2.31. The second-order valence-electron chi connectivity index (χ2n) is 5.91. The van der Waals surface area contributed by atoms with Gasteiger partial charge in [-0.05, 0) is 5.56 Å². The van der Waals surface area contributed by atoms with Crippen molar-refractivity contribution < 1.29 is 9.90 Å². The van der Waals surface area contributed by atoms with Gasteiger partial charge in [-0.25, -0.2) is 0 Å². The molecule has 0 fully saturated rings. The Morgan fingerprint density at radius 1 is 1.04 bits per heavy atom. The van der Waals surface area contributed by atoms with Crippen LogP contribution < -0.4 is 0 Å². The van der Waals surface area contributed by atoms with Crippen LogP contribution in [0.3, 0.4) is 0 Å². The summed E-state index contributed by atoms with van der Waals surface area (Å²) in [6.07, 6.45) is 1.97. The first kappa shape index (κ1) is 15.7. The van der Waals surface area contributed by atoms with Crippen LogP contribution in [0, 0.1) is 5.92 Å². The lowest BCUT2D eigenvalue weighted by atomic mass is 9.89. The van der Waals surface area contributed by atoms with Gasteiger partial charge in [0, 0.05) is 36.7 Å². The maximum atomic E-state index is 12.6. The summed E-state index contributed by atoms with van der Waals surface area (Å²) in [4.78, 5) is 14.9. The number of nitrogens with zero attached hydrogens (tertiary/aromatic N) is 1. The Hall–Kier alpha value is -2.23. The molecule has 1 N–H and O–H groups in total. The van der Waals surface area contributed by atoms with E-state index in [2.05, 4.69) is 17.0 Å². The molecule has 3 nitrogen and oxygen atoms in total. The van der Waals surface area contributed by atoms with E-state index in [4.69, 9.17) is 0 Å². The first-order chi connectivity index (χ1) is 11.3. The highest BCUT2D eigenvalue weighted by Gasteiger charge is 2.27. The van der Waals surface area contributed by atoms with Gasteiger partial charge in [0.05, 0.1) is 6.61 Å². The zero-order chi connectivity index (χ0) is 16.1. The van der Waals surface area contributed by atoms with Crippen LogP contribution in [-0.2, 0) is 6.54 Å². The molecule has 0 bridgehead atoms. The normalized spacial score (nSPS) is 18.5. The Labute approximate surface area is 136 Å². The molecule has 118 valence electrons. The van der Waals surface area contributed by atoms with Crippen LogP contribution in [0.1, 0.15) is 15.9 Å². The van der Waals surface area contributed by atoms with Crippen LogP contribution >= 0.6 is 0 Å². The molecular weight excluding hydrogens is 286 g/mol. The molecule has 3 heteroatoms. The van der Waals surface area contributed by atoms with Crippen molar-refractivity contribution in [2.45, 2.75) is 6.54 Å². The number of carbonyl (C=O) groups excluding carboxylic acids is 1. The third kappa shape index (κ3) is 3.76. The molecule has 3 rings (SSSR count). The van der Waals surface area contributed by atoms with Crippen molar-refractivity contribution in [2.24, 2.45) is 5.92 Å². The van der Waals surface area contributed by atoms with Gasteiger partial charge in [-0.2, -0.15) is 0 Å². The molecule has 23 heavy (non-hydrogen) atoms. The summed E-state index contributed by atoms with van der Waals surface area (Å²) in [6, 6.07) is 19.6. The molecule has 1 aliphatic rings. The summed E-state index contributed by atoms with van der Waals surface area (Å²) in [5, 5.41) is 9.72. The van der Waals surface area contributed by atoms with E-state index in [9.17, 15) is 9.90 Å². The third-order valence-electron chi connectivity index (χ3n) is 4.26. The standard InChI is InChI=1S/C20H21NO2/c22-15-18-14-21(13-16-7-3-1-4-8-16)12-11-19(18)20(23)17-9-5-2-6-10-17/h1-11,18,22H,12-15H2. The number of hydrogen-bond donors (Lipinski definition) is 1. The molecule has 0 amide bonds. The van der Waals surface area contributed by atoms with Gasteiger partial charge in [0.15, 0.2) is 5.78 Å². The first-order valence-electron chi connectivity index (χ1n) is 7.95. The summed E-state index contributed by atoms with van der Waals surface area (Å²) in [7, 11) is 0. The minimum atomic E-state index is -0.125. The van der Waals surface area contributed by atoms with Gasteiger partial charge < -0.3 is 5.11 Å². The Morgan fingerprint density at radius 3 is 2.35 bits per heavy atom. The van der Waals surface area contributed by atoms with Crippen LogP contribution in [-0.4, -0.2) is 35.5 Å². The van der Waals surface area contributed by atoms with Gasteiger partial charge in [0.1, 0.15) is 0 Å². The summed E-state index contributed by atoms with van der Waals surface area (Å²) in [6.45, 7) is 2.27. The largest absolute Gasteiger partial charge is 0.396 e. The fourth-order valence-electron chi connectivity index (χ4n) is 3.04. The topological polar surface area (TPSA) is 40.5 Å². The molecule has 1 aliphatic heterocycles. The van der Waals surface area contributed by atoms with Crippen molar-refractivity contribution in [2.75, 3.05) is 19.7 Å². The molecule has 0 aliphatic carbocycles. The van der Waals surface area contributed by atoms with E-state index >= 15 is 0 Å². The number of Topliss-reactive ketones (excluding diaryl/α,β-unsaturated/α-hetero) is 1. The van der Waals surface area contributed by atoms with E-state index in [0.717, 1.165) is 18.7 Å². The third-order valence-corrected chi connectivity index (χ3v) is 4.26. The van der Waals surface area contributed by atoms with Crippen LogP contribution in [0.25, 0.3) is 0 Å². The number of benzene rings is 2. The average molecular weight is 307 g/mol. The number of ketones is 1. The van der Waals surface area contributed by atoms with E-state index in [-0.39, 0.29) is 18.3 Å². The lowest BCUT2D eigenvalue weighted by molar-refractivity contribution is 0.0981. The quantitative estimate of drug-likeness (QED) is 0.864. The number of hydrogen-bond acceptors (Lipinski definition) is 3.